The molecule has 0 aliphatic heterocycles. The van der Waals surface area contributed by atoms with Gasteiger partial charge in [-0.2, -0.15) is 0 Å². The standard InChI is InChI=1S/C44H34N2OS/c1-3-14-30(17-11-15-29-16-12-23-34-32-20-8-10-26-39(32)48-44(29)34)45-37-24-13-22-33-36-27-28(2)41-40(43(36)47-42(33)37)35-21-7-9-25-38(35)46(41)31-18-5-4-6-19-31/h3-26,28,45H,27H2,1-2H3/b14-3-,15-11+,30-17+. The number of hydrogen-bond donors (Lipinski definition) is 1. The lowest BCUT2D eigenvalue weighted by Crippen LogP contribution is -2.11. The predicted molar refractivity (Wildman–Crippen MR) is 205 cm³/mol. The highest BCUT2D eigenvalue weighted by Crippen LogP contribution is 2.50. The molecule has 3 heterocycles. The van der Waals surface area contributed by atoms with E-state index in [1.165, 1.54) is 64.5 Å². The number of benzene rings is 5. The highest BCUT2D eigenvalue weighted by molar-refractivity contribution is 7.26. The maximum Gasteiger partial charge on any atom is 0.158 e. The monoisotopic (exact) mass is 638 g/mol. The Morgan fingerprint density at radius 3 is 2.44 bits per heavy atom. The second-order valence-corrected chi connectivity index (χ2v) is 13.6. The minimum absolute atomic E-state index is 0.325. The van der Waals surface area contributed by atoms with E-state index >= 15 is 0 Å². The van der Waals surface area contributed by atoms with Crippen LogP contribution in [0.2, 0.25) is 0 Å². The maximum atomic E-state index is 6.94. The van der Waals surface area contributed by atoms with Crippen molar-refractivity contribution >= 4 is 65.1 Å². The Kier molecular flexibility index (Phi) is 6.91. The van der Waals surface area contributed by atoms with Crippen LogP contribution in [0.3, 0.4) is 0 Å². The third-order valence-electron chi connectivity index (χ3n) is 9.56. The number of rotatable bonds is 6. The number of allylic oxidation sites excluding steroid dienone is 4. The van der Waals surface area contributed by atoms with Crippen molar-refractivity contribution in [2.45, 2.75) is 26.2 Å². The van der Waals surface area contributed by atoms with Crippen molar-refractivity contribution in [3.05, 3.63) is 162 Å². The molecule has 1 unspecified atom stereocenters. The summed E-state index contributed by atoms with van der Waals surface area (Å²) >= 11 is 1.85. The third-order valence-corrected chi connectivity index (χ3v) is 10.8. The van der Waals surface area contributed by atoms with Crippen molar-refractivity contribution in [3.63, 3.8) is 0 Å². The van der Waals surface area contributed by atoms with Gasteiger partial charge < -0.3 is 14.3 Å². The average Bonchev–Trinajstić information content (AvgIpc) is 3.80. The highest BCUT2D eigenvalue weighted by atomic mass is 32.1. The lowest BCUT2D eigenvalue weighted by molar-refractivity contribution is 0.607. The van der Waals surface area contributed by atoms with Gasteiger partial charge in [0.15, 0.2) is 5.58 Å². The Hall–Kier alpha value is -5.58. The third kappa shape index (κ3) is 4.56. The molecule has 9 rings (SSSR count). The minimum Gasteiger partial charge on any atom is -0.453 e. The molecule has 3 aromatic heterocycles. The molecule has 1 aliphatic rings. The van der Waals surface area contributed by atoms with Gasteiger partial charge >= 0.3 is 0 Å². The van der Waals surface area contributed by atoms with E-state index in [1.54, 1.807) is 0 Å². The van der Waals surface area contributed by atoms with Crippen LogP contribution in [0.15, 0.2) is 150 Å². The first-order chi connectivity index (χ1) is 23.7. The topological polar surface area (TPSA) is 30.1 Å². The maximum absolute atomic E-state index is 6.94. The number of furan rings is 1. The van der Waals surface area contributed by atoms with Gasteiger partial charge in [0.05, 0.1) is 11.2 Å². The van der Waals surface area contributed by atoms with E-state index < -0.39 is 0 Å². The molecule has 4 heteroatoms. The summed E-state index contributed by atoms with van der Waals surface area (Å²) < 4.78 is 12.0. The smallest absolute Gasteiger partial charge is 0.158 e. The Labute approximate surface area is 283 Å². The molecular formula is C44H34N2OS. The van der Waals surface area contributed by atoms with Gasteiger partial charge in [0, 0.05) is 65.1 Å². The fourth-order valence-electron chi connectivity index (χ4n) is 7.53. The molecule has 8 aromatic rings. The molecule has 0 fully saturated rings. The van der Waals surface area contributed by atoms with Crippen LogP contribution in [-0.2, 0) is 6.42 Å². The minimum atomic E-state index is 0.325. The first-order valence-corrected chi connectivity index (χ1v) is 17.4. The molecule has 0 radical (unpaired) electrons. The molecule has 48 heavy (non-hydrogen) atoms. The van der Waals surface area contributed by atoms with Gasteiger partial charge in [-0.25, -0.2) is 0 Å². The molecule has 232 valence electrons. The molecule has 0 bridgehead atoms. The molecule has 0 saturated heterocycles. The normalized spacial score (nSPS) is 15.0. The number of nitrogens with one attached hydrogen (secondary N) is 1. The number of nitrogens with zero attached hydrogens (tertiary/aromatic N) is 1. The van der Waals surface area contributed by atoms with Crippen LogP contribution in [0.25, 0.3) is 65.1 Å². The van der Waals surface area contributed by atoms with E-state index in [1.807, 2.05) is 11.3 Å². The van der Waals surface area contributed by atoms with Gasteiger partial charge in [-0.1, -0.05) is 110 Å². The number of anilines is 1. The second-order valence-electron chi connectivity index (χ2n) is 12.6. The lowest BCUT2D eigenvalue weighted by Gasteiger charge is -2.22. The summed E-state index contributed by atoms with van der Waals surface area (Å²) in [5.41, 5.74) is 10.3. The molecule has 0 amide bonds. The highest BCUT2D eigenvalue weighted by Gasteiger charge is 2.33. The molecule has 0 spiro atoms. The van der Waals surface area contributed by atoms with E-state index in [2.05, 4.69) is 169 Å². The Morgan fingerprint density at radius 1 is 0.812 bits per heavy atom. The van der Waals surface area contributed by atoms with E-state index in [4.69, 9.17) is 4.42 Å². The molecular weight excluding hydrogens is 605 g/mol. The zero-order valence-corrected chi connectivity index (χ0v) is 27.7. The summed E-state index contributed by atoms with van der Waals surface area (Å²) in [6, 6.07) is 41.1. The van der Waals surface area contributed by atoms with Gasteiger partial charge in [-0.15, -0.1) is 11.3 Å². The van der Waals surface area contributed by atoms with Crippen LogP contribution in [0.1, 0.15) is 36.6 Å². The summed E-state index contributed by atoms with van der Waals surface area (Å²) in [5, 5.41) is 8.74. The molecule has 1 atom stereocenters. The fraction of sp³-hybridized carbons (Fsp3) is 0.0909. The molecule has 0 saturated carbocycles. The average molecular weight is 639 g/mol. The SMILES string of the molecule is C\C=C/C(=C\C=C\c1cccc2c1sc1ccccc12)Nc1cccc2c3c(oc12)-c1c(n(-c2ccccc2)c2ccccc12)C(C)C3. The number of fused-ring (bicyclic) bond motifs is 10. The zero-order valence-electron chi connectivity index (χ0n) is 26.9. The van der Waals surface area contributed by atoms with Crippen LogP contribution in [0.5, 0.6) is 0 Å². The molecule has 1 aliphatic carbocycles. The van der Waals surface area contributed by atoms with Crippen molar-refractivity contribution in [2.75, 3.05) is 5.32 Å². The van der Waals surface area contributed by atoms with Crippen molar-refractivity contribution in [1.82, 2.24) is 4.57 Å². The number of hydrogen-bond acceptors (Lipinski definition) is 3. The van der Waals surface area contributed by atoms with Gasteiger partial charge in [0.2, 0.25) is 0 Å². The van der Waals surface area contributed by atoms with E-state index in [-0.39, 0.29) is 0 Å². The van der Waals surface area contributed by atoms with E-state index in [9.17, 15) is 0 Å². The fourth-order valence-corrected chi connectivity index (χ4v) is 8.72. The van der Waals surface area contributed by atoms with Crippen LogP contribution < -0.4 is 5.32 Å². The molecule has 1 N–H and O–H groups in total. The van der Waals surface area contributed by atoms with Crippen molar-refractivity contribution < 1.29 is 4.42 Å². The van der Waals surface area contributed by atoms with Crippen molar-refractivity contribution in [3.8, 4) is 17.0 Å². The largest absolute Gasteiger partial charge is 0.453 e. The summed E-state index contributed by atoms with van der Waals surface area (Å²) in [6.45, 7) is 4.40. The van der Waals surface area contributed by atoms with Crippen molar-refractivity contribution in [1.29, 1.82) is 0 Å². The summed E-state index contributed by atoms with van der Waals surface area (Å²) in [4.78, 5) is 0. The van der Waals surface area contributed by atoms with E-state index in [0.29, 0.717) is 5.92 Å². The van der Waals surface area contributed by atoms with Gasteiger partial charge in [0.25, 0.3) is 0 Å². The molecule has 3 nitrogen and oxygen atoms in total. The lowest BCUT2D eigenvalue weighted by atomic mass is 9.85. The first kappa shape index (κ1) is 28.6. The summed E-state index contributed by atoms with van der Waals surface area (Å²) in [5.74, 6) is 1.32. The number of thiophene rings is 1. The van der Waals surface area contributed by atoms with Crippen LogP contribution in [-0.4, -0.2) is 4.57 Å². The summed E-state index contributed by atoms with van der Waals surface area (Å²) in [6.07, 6.45) is 11.6. The van der Waals surface area contributed by atoms with Crippen LogP contribution >= 0.6 is 11.3 Å². The first-order valence-electron chi connectivity index (χ1n) is 16.6. The summed E-state index contributed by atoms with van der Waals surface area (Å²) in [7, 11) is 0. The van der Waals surface area contributed by atoms with Gasteiger partial charge in [-0.3, -0.25) is 0 Å². The van der Waals surface area contributed by atoms with Crippen LogP contribution in [0, 0.1) is 0 Å². The molecule has 5 aromatic carbocycles. The predicted octanol–water partition coefficient (Wildman–Crippen LogP) is 12.7. The number of para-hydroxylation sites is 3. The van der Waals surface area contributed by atoms with Gasteiger partial charge in [0.1, 0.15) is 5.76 Å². The van der Waals surface area contributed by atoms with Crippen molar-refractivity contribution in [2.24, 2.45) is 0 Å². The van der Waals surface area contributed by atoms with E-state index in [0.717, 1.165) is 29.1 Å². The second kappa shape index (κ2) is 11.6. The zero-order chi connectivity index (χ0) is 32.2. The van der Waals surface area contributed by atoms with Crippen LogP contribution in [0.4, 0.5) is 5.69 Å². The Balaban J connectivity index is 1.12. The van der Waals surface area contributed by atoms with Gasteiger partial charge in [-0.05, 0) is 61.4 Å². The Bertz CT molecular complexity index is 2590. The number of aromatic nitrogens is 1. The quantitative estimate of drug-likeness (QED) is 0.184. The Morgan fingerprint density at radius 2 is 1.56 bits per heavy atom.